The SMILES string of the molecule is C[C@@H]1CCCC[C@@H]1NC(=S)N/N=C\c1cn(CCC#N)nc1-c1ccccc1. The van der Waals surface area contributed by atoms with Gasteiger partial charge < -0.3 is 5.32 Å². The average molecular weight is 395 g/mol. The minimum atomic E-state index is 0.414. The summed E-state index contributed by atoms with van der Waals surface area (Å²) in [7, 11) is 0. The van der Waals surface area contributed by atoms with E-state index in [-0.39, 0.29) is 0 Å². The normalized spacial score (nSPS) is 19.3. The molecule has 2 atom stereocenters. The van der Waals surface area contributed by atoms with Crippen LogP contribution in [-0.2, 0) is 6.54 Å². The molecule has 2 N–H and O–H groups in total. The van der Waals surface area contributed by atoms with Crippen molar-refractivity contribution in [1.82, 2.24) is 20.5 Å². The molecular formula is C21H26N6S. The van der Waals surface area contributed by atoms with E-state index in [1.165, 1.54) is 19.3 Å². The number of thiocarbonyl (C=S) groups is 1. The van der Waals surface area contributed by atoms with Crippen LogP contribution in [0.2, 0.25) is 0 Å². The summed E-state index contributed by atoms with van der Waals surface area (Å²) in [5.74, 6) is 0.625. The molecule has 0 saturated heterocycles. The third-order valence-electron chi connectivity index (χ3n) is 5.09. The van der Waals surface area contributed by atoms with E-state index in [2.05, 4.69) is 33.9 Å². The number of hydrazone groups is 1. The van der Waals surface area contributed by atoms with Crippen LogP contribution in [0.15, 0.2) is 41.6 Å². The molecule has 0 radical (unpaired) electrons. The predicted molar refractivity (Wildman–Crippen MR) is 116 cm³/mol. The van der Waals surface area contributed by atoms with Crippen molar-refractivity contribution in [3.05, 3.63) is 42.1 Å². The van der Waals surface area contributed by atoms with Gasteiger partial charge in [0.15, 0.2) is 5.11 Å². The van der Waals surface area contributed by atoms with Crippen LogP contribution in [0.4, 0.5) is 0 Å². The number of rotatable bonds is 6. The second-order valence-electron chi connectivity index (χ2n) is 7.18. The molecule has 0 aliphatic heterocycles. The fourth-order valence-electron chi connectivity index (χ4n) is 3.52. The first-order chi connectivity index (χ1) is 13.7. The van der Waals surface area contributed by atoms with Crippen molar-refractivity contribution in [3.8, 4) is 17.3 Å². The summed E-state index contributed by atoms with van der Waals surface area (Å²) < 4.78 is 1.78. The van der Waals surface area contributed by atoms with Crippen molar-refractivity contribution in [2.24, 2.45) is 11.0 Å². The Kier molecular flexibility index (Phi) is 7.15. The molecule has 3 rings (SSSR count). The van der Waals surface area contributed by atoms with Crippen LogP contribution in [0, 0.1) is 17.2 Å². The minimum Gasteiger partial charge on any atom is -0.358 e. The summed E-state index contributed by atoms with van der Waals surface area (Å²) in [6.45, 7) is 2.82. The van der Waals surface area contributed by atoms with Crippen molar-refractivity contribution in [2.75, 3.05) is 0 Å². The molecule has 1 aliphatic carbocycles. The average Bonchev–Trinajstić information content (AvgIpc) is 3.12. The maximum absolute atomic E-state index is 8.83. The van der Waals surface area contributed by atoms with Gasteiger partial charge >= 0.3 is 0 Å². The Bertz CT molecular complexity index is 852. The molecule has 146 valence electrons. The van der Waals surface area contributed by atoms with Gasteiger partial charge in [0.2, 0.25) is 0 Å². The highest BCUT2D eigenvalue weighted by Gasteiger charge is 2.21. The van der Waals surface area contributed by atoms with Crippen molar-refractivity contribution in [2.45, 2.75) is 51.6 Å². The van der Waals surface area contributed by atoms with Gasteiger partial charge in [-0.3, -0.25) is 10.1 Å². The highest BCUT2D eigenvalue weighted by molar-refractivity contribution is 7.80. The number of nitrogens with zero attached hydrogens (tertiary/aromatic N) is 4. The smallest absolute Gasteiger partial charge is 0.187 e. The Labute approximate surface area is 171 Å². The number of aryl methyl sites for hydroxylation is 1. The van der Waals surface area contributed by atoms with Crippen LogP contribution in [0.3, 0.4) is 0 Å². The maximum Gasteiger partial charge on any atom is 0.187 e. The van der Waals surface area contributed by atoms with E-state index < -0.39 is 0 Å². The lowest BCUT2D eigenvalue weighted by Gasteiger charge is -2.30. The second kappa shape index (κ2) is 10.00. The zero-order valence-corrected chi connectivity index (χ0v) is 17.0. The highest BCUT2D eigenvalue weighted by atomic mass is 32.1. The van der Waals surface area contributed by atoms with Crippen LogP contribution in [-0.4, -0.2) is 27.1 Å². The van der Waals surface area contributed by atoms with E-state index in [9.17, 15) is 0 Å². The number of benzene rings is 1. The Morgan fingerprint density at radius 2 is 2.14 bits per heavy atom. The van der Waals surface area contributed by atoms with E-state index >= 15 is 0 Å². The zero-order valence-electron chi connectivity index (χ0n) is 16.1. The monoisotopic (exact) mass is 394 g/mol. The second-order valence-corrected chi connectivity index (χ2v) is 7.59. The van der Waals surface area contributed by atoms with Gasteiger partial charge in [0.1, 0.15) is 5.69 Å². The Morgan fingerprint density at radius 1 is 1.36 bits per heavy atom. The van der Waals surface area contributed by atoms with Gasteiger partial charge in [-0.25, -0.2) is 0 Å². The lowest BCUT2D eigenvalue weighted by molar-refractivity contribution is 0.308. The van der Waals surface area contributed by atoms with E-state index in [4.69, 9.17) is 17.5 Å². The zero-order chi connectivity index (χ0) is 19.8. The number of aromatic nitrogens is 2. The largest absolute Gasteiger partial charge is 0.358 e. The maximum atomic E-state index is 8.83. The fraction of sp³-hybridized carbons (Fsp3) is 0.429. The quantitative estimate of drug-likeness (QED) is 0.442. The van der Waals surface area contributed by atoms with Gasteiger partial charge in [0.25, 0.3) is 0 Å². The van der Waals surface area contributed by atoms with Crippen molar-refractivity contribution >= 4 is 23.5 Å². The summed E-state index contributed by atoms with van der Waals surface area (Å²) in [5.41, 5.74) is 5.66. The summed E-state index contributed by atoms with van der Waals surface area (Å²) in [6.07, 6.45) is 8.99. The Hall–Kier alpha value is -2.72. The van der Waals surface area contributed by atoms with Crippen LogP contribution in [0.5, 0.6) is 0 Å². The third kappa shape index (κ3) is 5.40. The van der Waals surface area contributed by atoms with Crippen molar-refractivity contribution in [3.63, 3.8) is 0 Å². The van der Waals surface area contributed by atoms with Crippen LogP contribution in [0.25, 0.3) is 11.3 Å². The van der Waals surface area contributed by atoms with E-state index in [0.717, 1.165) is 23.2 Å². The van der Waals surface area contributed by atoms with Gasteiger partial charge in [-0.2, -0.15) is 15.5 Å². The van der Waals surface area contributed by atoms with Gasteiger partial charge in [-0.1, -0.05) is 50.1 Å². The summed E-state index contributed by atoms with van der Waals surface area (Å²) in [5, 5.41) is 21.7. The van der Waals surface area contributed by atoms with Crippen LogP contribution >= 0.6 is 12.2 Å². The molecule has 7 heteroatoms. The van der Waals surface area contributed by atoms with E-state index in [0.29, 0.717) is 30.0 Å². The van der Waals surface area contributed by atoms with Gasteiger partial charge in [0.05, 0.1) is 25.2 Å². The molecule has 0 unspecified atom stereocenters. The molecule has 0 spiro atoms. The van der Waals surface area contributed by atoms with Crippen LogP contribution in [0.1, 0.15) is 44.6 Å². The molecule has 1 aliphatic rings. The molecular weight excluding hydrogens is 368 g/mol. The van der Waals surface area contributed by atoms with E-state index in [1.54, 1.807) is 10.9 Å². The predicted octanol–water partition coefficient (Wildman–Crippen LogP) is 3.84. The summed E-state index contributed by atoms with van der Waals surface area (Å²) >= 11 is 5.40. The summed E-state index contributed by atoms with van der Waals surface area (Å²) in [4.78, 5) is 0. The van der Waals surface area contributed by atoms with Gasteiger partial charge in [0, 0.05) is 23.4 Å². The van der Waals surface area contributed by atoms with Crippen molar-refractivity contribution < 1.29 is 0 Å². The Balaban J connectivity index is 1.67. The first-order valence-electron chi connectivity index (χ1n) is 9.77. The molecule has 1 fully saturated rings. The van der Waals surface area contributed by atoms with E-state index in [1.807, 2.05) is 36.5 Å². The van der Waals surface area contributed by atoms with Crippen LogP contribution < -0.4 is 10.7 Å². The molecule has 1 aromatic heterocycles. The topological polar surface area (TPSA) is 78.0 Å². The molecule has 0 amide bonds. The first kappa shape index (κ1) is 20.0. The lowest BCUT2D eigenvalue weighted by Crippen LogP contribution is -2.44. The highest BCUT2D eigenvalue weighted by Crippen LogP contribution is 2.23. The first-order valence-corrected chi connectivity index (χ1v) is 10.2. The van der Waals surface area contributed by atoms with Gasteiger partial charge in [-0.05, 0) is 31.0 Å². The third-order valence-corrected chi connectivity index (χ3v) is 5.30. The van der Waals surface area contributed by atoms with Gasteiger partial charge in [-0.15, -0.1) is 0 Å². The standard InChI is InChI=1S/C21H26N6S/c1-16-8-5-6-11-19(16)24-21(28)25-23-14-18-15-27(13-7-12-22)26-20(18)17-9-3-2-4-10-17/h2-4,9-10,14-16,19H,5-8,11,13H2,1H3,(H2,24,25,28)/b23-14-/t16-,19+/m1/s1. The molecule has 28 heavy (non-hydrogen) atoms. The number of nitrogens with one attached hydrogen (secondary N) is 2. The fourth-order valence-corrected chi connectivity index (χ4v) is 3.73. The number of hydrogen-bond acceptors (Lipinski definition) is 4. The molecule has 6 nitrogen and oxygen atoms in total. The molecule has 0 bridgehead atoms. The molecule has 1 aromatic carbocycles. The molecule has 1 saturated carbocycles. The van der Waals surface area contributed by atoms with Crippen molar-refractivity contribution in [1.29, 1.82) is 5.26 Å². The summed E-state index contributed by atoms with van der Waals surface area (Å²) in [6, 6.07) is 12.5. The lowest BCUT2D eigenvalue weighted by atomic mass is 9.86. The molecule has 2 aromatic rings. The Morgan fingerprint density at radius 3 is 2.89 bits per heavy atom. The molecule has 1 heterocycles. The number of nitriles is 1. The minimum absolute atomic E-state index is 0.414. The number of hydrogen-bond donors (Lipinski definition) is 2.